The largest absolute Gasteiger partial charge is 0.409 e. The Labute approximate surface area is 87.2 Å². The minimum absolute atomic E-state index is 0.292. The summed E-state index contributed by atoms with van der Waals surface area (Å²) in [7, 11) is 0. The first-order chi connectivity index (χ1) is 6.83. The van der Waals surface area contributed by atoms with E-state index in [2.05, 4.69) is 10.1 Å². The highest BCUT2D eigenvalue weighted by atomic mass is 32.2. The van der Waals surface area contributed by atoms with Gasteiger partial charge in [0.05, 0.1) is 0 Å². The van der Waals surface area contributed by atoms with Crippen LogP contribution in [0.25, 0.3) is 0 Å². The number of rotatable bonds is 5. The van der Waals surface area contributed by atoms with Crippen molar-refractivity contribution < 1.29 is 5.21 Å². The summed E-state index contributed by atoms with van der Waals surface area (Å²) in [5.41, 5.74) is 5.33. The van der Waals surface area contributed by atoms with E-state index in [9.17, 15) is 0 Å². The lowest BCUT2D eigenvalue weighted by Crippen LogP contribution is -2.11. The molecule has 0 aromatic carbocycles. The monoisotopic (exact) mass is 211 g/mol. The van der Waals surface area contributed by atoms with Gasteiger partial charge in [-0.05, 0) is 24.3 Å². The number of nitrogens with zero attached hydrogens (tertiary/aromatic N) is 2. The molecule has 1 aromatic rings. The van der Waals surface area contributed by atoms with E-state index in [1.165, 1.54) is 4.90 Å². The van der Waals surface area contributed by atoms with Crippen molar-refractivity contribution in [1.29, 1.82) is 0 Å². The lowest BCUT2D eigenvalue weighted by molar-refractivity contribution is 0.317. The summed E-state index contributed by atoms with van der Waals surface area (Å²) in [6.07, 6.45) is 5.08. The fourth-order valence-corrected chi connectivity index (χ4v) is 1.77. The second kappa shape index (κ2) is 6.26. The van der Waals surface area contributed by atoms with E-state index in [4.69, 9.17) is 10.9 Å². The molecule has 0 unspecified atom stereocenters. The third-order valence-corrected chi connectivity index (χ3v) is 2.72. The van der Waals surface area contributed by atoms with E-state index in [0.717, 1.165) is 12.2 Å². The van der Waals surface area contributed by atoms with Crippen LogP contribution < -0.4 is 5.73 Å². The molecule has 0 spiro atoms. The third kappa shape index (κ3) is 4.13. The molecule has 4 nitrogen and oxygen atoms in total. The highest BCUT2D eigenvalue weighted by Crippen LogP contribution is 2.17. The van der Waals surface area contributed by atoms with Crippen molar-refractivity contribution in [3.05, 3.63) is 24.5 Å². The van der Waals surface area contributed by atoms with Crippen LogP contribution in [0.5, 0.6) is 0 Å². The van der Waals surface area contributed by atoms with Gasteiger partial charge in [0, 0.05) is 23.7 Å². The lowest BCUT2D eigenvalue weighted by atomic mass is 10.3. The Morgan fingerprint density at radius 2 is 2.21 bits per heavy atom. The highest BCUT2D eigenvalue weighted by molar-refractivity contribution is 7.99. The van der Waals surface area contributed by atoms with E-state index in [-0.39, 0.29) is 0 Å². The number of aromatic nitrogens is 1. The maximum absolute atomic E-state index is 8.30. The smallest absolute Gasteiger partial charge is 0.139 e. The third-order valence-electron chi connectivity index (χ3n) is 1.62. The quantitative estimate of drug-likeness (QED) is 0.194. The number of nitrogens with two attached hydrogens (primary N) is 1. The van der Waals surface area contributed by atoms with Gasteiger partial charge in [0.2, 0.25) is 0 Å². The van der Waals surface area contributed by atoms with Crippen molar-refractivity contribution in [2.45, 2.75) is 17.7 Å². The Morgan fingerprint density at radius 1 is 1.50 bits per heavy atom. The van der Waals surface area contributed by atoms with Crippen molar-refractivity contribution in [3.8, 4) is 0 Å². The van der Waals surface area contributed by atoms with Crippen LogP contribution in [0.15, 0.2) is 34.6 Å². The van der Waals surface area contributed by atoms with Crippen LogP contribution in [-0.2, 0) is 0 Å². The molecule has 0 aliphatic carbocycles. The summed E-state index contributed by atoms with van der Waals surface area (Å²) < 4.78 is 0. The van der Waals surface area contributed by atoms with Crippen molar-refractivity contribution in [1.82, 2.24) is 4.98 Å². The standard InChI is InChI=1S/C9H13N3OS/c10-9(12-13)2-1-7-14-8-3-5-11-6-4-8/h3-6,13H,1-2,7H2,(H2,10,12). The zero-order valence-electron chi connectivity index (χ0n) is 7.76. The van der Waals surface area contributed by atoms with Gasteiger partial charge in [0.15, 0.2) is 0 Å². The zero-order chi connectivity index (χ0) is 10.2. The molecule has 5 heteroatoms. The molecule has 0 bridgehead atoms. The van der Waals surface area contributed by atoms with Crippen molar-refractivity contribution in [2.75, 3.05) is 5.75 Å². The number of oxime groups is 1. The molecule has 0 fully saturated rings. The lowest BCUT2D eigenvalue weighted by Gasteiger charge is -2.00. The molecule has 0 amide bonds. The predicted octanol–water partition coefficient (Wildman–Crippen LogP) is 1.70. The number of amidine groups is 1. The van der Waals surface area contributed by atoms with Crippen molar-refractivity contribution in [3.63, 3.8) is 0 Å². The summed E-state index contributed by atoms with van der Waals surface area (Å²) >= 11 is 1.74. The molecule has 0 atom stereocenters. The first-order valence-electron chi connectivity index (χ1n) is 4.32. The van der Waals surface area contributed by atoms with Gasteiger partial charge >= 0.3 is 0 Å². The molecule has 0 radical (unpaired) electrons. The van der Waals surface area contributed by atoms with E-state index < -0.39 is 0 Å². The number of thioether (sulfide) groups is 1. The molecule has 3 N–H and O–H groups in total. The minimum Gasteiger partial charge on any atom is -0.409 e. The van der Waals surface area contributed by atoms with Gasteiger partial charge < -0.3 is 10.9 Å². The molecule has 0 aliphatic heterocycles. The van der Waals surface area contributed by atoms with Crippen LogP contribution >= 0.6 is 11.8 Å². The molecule has 14 heavy (non-hydrogen) atoms. The first-order valence-corrected chi connectivity index (χ1v) is 5.30. The van der Waals surface area contributed by atoms with Gasteiger partial charge in [-0.25, -0.2) is 0 Å². The van der Waals surface area contributed by atoms with Crippen LogP contribution in [0, 0.1) is 0 Å². The number of hydrogen-bond acceptors (Lipinski definition) is 4. The maximum atomic E-state index is 8.30. The van der Waals surface area contributed by atoms with Crippen LogP contribution in [0.2, 0.25) is 0 Å². The van der Waals surface area contributed by atoms with Gasteiger partial charge in [0.25, 0.3) is 0 Å². The van der Waals surface area contributed by atoms with Gasteiger partial charge in [-0.2, -0.15) is 0 Å². The minimum atomic E-state index is 0.292. The highest BCUT2D eigenvalue weighted by Gasteiger charge is 1.95. The summed E-state index contributed by atoms with van der Waals surface area (Å²) in [6, 6.07) is 3.93. The van der Waals surface area contributed by atoms with Crippen LogP contribution in [0.3, 0.4) is 0 Å². The van der Waals surface area contributed by atoms with Gasteiger partial charge in [-0.3, -0.25) is 4.98 Å². The molecule has 1 heterocycles. The Kier molecular flexibility index (Phi) is 4.85. The van der Waals surface area contributed by atoms with E-state index in [1.54, 1.807) is 24.2 Å². The number of pyridine rings is 1. The van der Waals surface area contributed by atoms with E-state index in [1.807, 2.05) is 12.1 Å². The van der Waals surface area contributed by atoms with Gasteiger partial charge in [-0.1, -0.05) is 5.16 Å². The molecule has 76 valence electrons. The molecule has 1 rings (SSSR count). The van der Waals surface area contributed by atoms with Crippen LogP contribution in [0.4, 0.5) is 0 Å². The van der Waals surface area contributed by atoms with E-state index in [0.29, 0.717) is 12.3 Å². The molecule has 0 saturated heterocycles. The average Bonchev–Trinajstić information content (AvgIpc) is 2.25. The van der Waals surface area contributed by atoms with Crippen LogP contribution in [-0.4, -0.2) is 21.8 Å². The zero-order valence-corrected chi connectivity index (χ0v) is 8.57. The molecular weight excluding hydrogens is 198 g/mol. The Morgan fingerprint density at radius 3 is 2.86 bits per heavy atom. The summed E-state index contributed by atoms with van der Waals surface area (Å²) in [5, 5.41) is 11.2. The molecule has 0 saturated carbocycles. The predicted molar refractivity (Wildman–Crippen MR) is 57.6 cm³/mol. The van der Waals surface area contributed by atoms with Crippen molar-refractivity contribution in [2.24, 2.45) is 10.9 Å². The Hall–Kier alpha value is -1.23. The molecule has 0 aliphatic rings. The normalized spacial score (nSPS) is 11.6. The second-order valence-corrected chi connectivity index (χ2v) is 3.89. The fraction of sp³-hybridized carbons (Fsp3) is 0.333. The van der Waals surface area contributed by atoms with Crippen LogP contribution in [0.1, 0.15) is 12.8 Å². The van der Waals surface area contributed by atoms with E-state index >= 15 is 0 Å². The Balaban J connectivity index is 2.17. The second-order valence-electron chi connectivity index (χ2n) is 2.73. The molecular formula is C9H13N3OS. The first kappa shape index (κ1) is 10.8. The molecule has 1 aromatic heterocycles. The van der Waals surface area contributed by atoms with Crippen molar-refractivity contribution >= 4 is 17.6 Å². The summed E-state index contributed by atoms with van der Waals surface area (Å²) in [5.74, 6) is 1.25. The summed E-state index contributed by atoms with van der Waals surface area (Å²) in [6.45, 7) is 0. The van der Waals surface area contributed by atoms with Gasteiger partial charge in [-0.15, -0.1) is 11.8 Å². The fourth-order valence-electron chi connectivity index (χ4n) is 0.928. The topological polar surface area (TPSA) is 71.5 Å². The Bertz CT molecular complexity index is 289. The number of hydrogen-bond donors (Lipinski definition) is 2. The maximum Gasteiger partial charge on any atom is 0.139 e. The van der Waals surface area contributed by atoms with Gasteiger partial charge in [0.1, 0.15) is 5.84 Å². The average molecular weight is 211 g/mol. The SMILES string of the molecule is NC(CCCSc1ccncc1)=NO. The summed E-state index contributed by atoms with van der Waals surface area (Å²) in [4.78, 5) is 5.12.